The Labute approximate surface area is 239 Å². The highest BCUT2D eigenvalue weighted by molar-refractivity contribution is 5.79. The Balaban J connectivity index is 1.33. The maximum absolute atomic E-state index is 13.0. The van der Waals surface area contributed by atoms with Crippen LogP contribution in [0.25, 0.3) is 28.0 Å². The van der Waals surface area contributed by atoms with Gasteiger partial charge in [0.2, 0.25) is 5.91 Å². The molecule has 1 aliphatic heterocycles. The smallest absolute Gasteiger partial charge is 0.270 e. The summed E-state index contributed by atoms with van der Waals surface area (Å²) in [5.74, 6) is 1.33. The molecule has 41 heavy (non-hydrogen) atoms. The third-order valence-corrected chi connectivity index (χ3v) is 8.29. The third kappa shape index (κ3) is 5.67. The van der Waals surface area contributed by atoms with E-state index in [-0.39, 0.29) is 16.5 Å². The first-order valence-electron chi connectivity index (χ1n) is 14.5. The van der Waals surface area contributed by atoms with Crippen molar-refractivity contribution >= 4 is 17.2 Å². The molecule has 9 heteroatoms. The number of nitrogens with zero attached hydrogens (tertiary/aromatic N) is 5. The molecule has 3 heterocycles. The molecule has 1 aliphatic carbocycles. The lowest BCUT2D eigenvalue weighted by Gasteiger charge is -2.36. The van der Waals surface area contributed by atoms with Gasteiger partial charge in [0, 0.05) is 62.5 Å². The van der Waals surface area contributed by atoms with Gasteiger partial charge in [-0.2, -0.15) is 0 Å². The van der Waals surface area contributed by atoms with Crippen LogP contribution in [0.15, 0.2) is 66.9 Å². The Morgan fingerprint density at radius 3 is 2.49 bits per heavy atom. The molecule has 2 fully saturated rings. The molecule has 2 aliphatic rings. The van der Waals surface area contributed by atoms with Gasteiger partial charge in [0.25, 0.3) is 5.69 Å². The van der Waals surface area contributed by atoms with Crippen LogP contribution in [0.3, 0.4) is 0 Å². The van der Waals surface area contributed by atoms with E-state index >= 15 is 0 Å². The topological polar surface area (TPSA) is 93.2 Å². The number of benzene rings is 2. The predicted octanol–water partition coefficient (Wildman–Crippen LogP) is 5.81. The lowest BCUT2D eigenvalue weighted by molar-refractivity contribution is -0.384. The van der Waals surface area contributed by atoms with Gasteiger partial charge in [-0.15, -0.1) is 0 Å². The second-order valence-electron chi connectivity index (χ2n) is 10.9. The van der Waals surface area contributed by atoms with Gasteiger partial charge < -0.3 is 14.0 Å². The molecular weight excluding hydrogens is 518 g/mol. The van der Waals surface area contributed by atoms with Crippen molar-refractivity contribution in [2.75, 3.05) is 32.8 Å². The molecule has 0 bridgehead atoms. The van der Waals surface area contributed by atoms with Crippen LogP contribution in [0.1, 0.15) is 38.3 Å². The number of amides is 1. The first-order chi connectivity index (χ1) is 20.0. The molecule has 2 aromatic carbocycles. The second kappa shape index (κ2) is 11.7. The van der Waals surface area contributed by atoms with Crippen LogP contribution in [-0.2, 0) is 11.3 Å². The zero-order valence-electron chi connectivity index (χ0n) is 23.4. The van der Waals surface area contributed by atoms with E-state index in [1.807, 2.05) is 48.2 Å². The summed E-state index contributed by atoms with van der Waals surface area (Å²) in [4.78, 5) is 33.5. The fraction of sp³-hybridized carbons (Fsp3) is 0.375. The average molecular weight is 554 g/mol. The second-order valence-corrected chi connectivity index (χ2v) is 10.9. The number of imidazole rings is 1. The molecule has 1 saturated carbocycles. The lowest BCUT2D eigenvalue weighted by atomic mass is 10.1. The number of hydrogen-bond donors (Lipinski definition) is 0. The SMILES string of the molecule is CCOc1cccc(-c2ccc3nc(-c4cccc([N+](=O)[O-])c4)c(CN4CCN(C(=O)C5CCCC5)CC4)n3c2)c1. The molecule has 9 nitrogen and oxygen atoms in total. The molecular formula is C32H35N5O4. The van der Waals surface area contributed by atoms with Crippen LogP contribution in [0.5, 0.6) is 5.75 Å². The fourth-order valence-electron chi connectivity index (χ4n) is 6.11. The first-order valence-corrected chi connectivity index (χ1v) is 14.5. The number of hydrogen-bond acceptors (Lipinski definition) is 6. The molecule has 0 atom stereocenters. The van der Waals surface area contributed by atoms with Crippen LogP contribution in [0.4, 0.5) is 5.69 Å². The number of non-ortho nitro benzene ring substituents is 1. The number of aromatic nitrogens is 2. The maximum atomic E-state index is 13.0. The van der Waals surface area contributed by atoms with Crippen molar-refractivity contribution in [3.63, 3.8) is 0 Å². The van der Waals surface area contributed by atoms with E-state index in [9.17, 15) is 14.9 Å². The summed E-state index contributed by atoms with van der Waals surface area (Å²) in [7, 11) is 0. The van der Waals surface area contributed by atoms with Gasteiger partial charge in [0.1, 0.15) is 11.4 Å². The zero-order chi connectivity index (χ0) is 28.3. The molecule has 0 unspecified atom stereocenters. The minimum Gasteiger partial charge on any atom is -0.494 e. The number of carbonyl (C=O) groups is 1. The van der Waals surface area contributed by atoms with Gasteiger partial charge in [0.05, 0.1) is 22.9 Å². The van der Waals surface area contributed by atoms with Gasteiger partial charge in [-0.25, -0.2) is 4.98 Å². The van der Waals surface area contributed by atoms with Crippen molar-refractivity contribution in [1.82, 2.24) is 19.2 Å². The molecule has 0 N–H and O–H groups in total. The number of carbonyl (C=O) groups excluding carboxylic acids is 1. The van der Waals surface area contributed by atoms with Gasteiger partial charge >= 0.3 is 0 Å². The first kappa shape index (κ1) is 27.0. The van der Waals surface area contributed by atoms with Crippen LogP contribution < -0.4 is 4.74 Å². The number of rotatable bonds is 8. The van der Waals surface area contributed by atoms with E-state index in [4.69, 9.17) is 9.72 Å². The number of nitro benzene ring substituents is 1. The summed E-state index contributed by atoms with van der Waals surface area (Å²) in [6, 6.07) is 18.7. The Kier molecular flexibility index (Phi) is 7.69. The lowest BCUT2D eigenvalue weighted by Crippen LogP contribution is -2.49. The van der Waals surface area contributed by atoms with Gasteiger partial charge in [0.15, 0.2) is 0 Å². The molecule has 0 spiro atoms. The van der Waals surface area contributed by atoms with E-state index in [1.54, 1.807) is 12.1 Å². The highest BCUT2D eigenvalue weighted by Crippen LogP contribution is 2.32. The monoisotopic (exact) mass is 553 g/mol. The summed E-state index contributed by atoms with van der Waals surface area (Å²) < 4.78 is 7.83. The number of ether oxygens (including phenoxy) is 1. The van der Waals surface area contributed by atoms with Crippen LogP contribution in [0.2, 0.25) is 0 Å². The Morgan fingerprint density at radius 2 is 1.73 bits per heavy atom. The van der Waals surface area contributed by atoms with E-state index in [1.165, 1.54) is 6.07 Å². The average Bonchev–Trinajstić information content (AvgIpc) is 3.66. The summed E-state index contributed by atoms with van der Waals surface area (Å²) in [6.07, 6.45) is 6.43. The summed E-state index contributed by atoms with van der Waals surface area (Å²) in [6.45, 7) is 6.16. The van der Waals surface area contributed by atoms with Gasteiger partial charge in [-0.3, -0.25) is 19.8 Å². The Morgan fingerprint density at radius 1 is 0.976 bits per heavy atom. The van der Waals surface area contributed by atoms with E-state index in [0.717, 1.165) is 72.7 Å². The number of fused-ring (bicyclic) bond motifs is 1. The highest BCUT2D eigenvalue weighted by atomic mass is 16.6. The fourth-order valence-corrected chi connectivity index (χ4v) is 6.11. The minimum atomic E-state index is -0.372. The summed E-state index contributed by atoms with van der Waals surface area (Å²) in [5.41, 5.74) is 5.30. The van der Waals surface area contributed by atoms with Crippen LogP contribution in [0, 0.1) is 16.0 Å². The third-order valence-electron chi connectivity index (χ3n) is 8.29. The Bertz CT molecular complexity index is 1570. The van der Waals surface area contributed by atoms with Gasteiger partial charge in [-0.05, 0) is 55.2 Å². The Hall–Kier alpha value is -4.24. The number of pyridine rings is 1. The predicted molar refractivity (Wildman–Crippen MR) is 158 cm³/mol. The standard InChI is InChI=1S/C32H35N5O4/c1-2-41-28-12-6-9-24(20-28)26-13-14-30-33-31(25-10-5-11-27(19-25)37(39)40)29(36(30)21-26)22-34-15-17-35(18-16-34)32(38)23-7-3-4-8-23/h5-6,9-14,19-21,23H,2-4,7-8,15-18,22H2,1H3. The van der Waals surface area contributed by atoms with E-state index in [0.29, 0.717) is 37.7 Å². The van der Waals surface area contributed by atoms with E-state index in [2.05, 4.69) is 21.6 Å². The van der Waals surface area contributed by atoms with Gasteiger partial charge in [-0.1, -0.05) is 37.1 Å². The van der Waals surface area contributed by atoms with Crippen LogP contribution >= 0.6 is 0 Å². The molecule has 1 saturated heterocycles. The molecule has 4 aromatic rings. The van der Waals surface area contributed by atoms with E-state index < -0.39 is 0 Å². The normalized spacial score (nSPS) is 16.4. The zero-order valence-corrected chi connectivity index (χ0v) is 23.4. The van der Waals surface area contributed by atoms with Crippen molar-refractivity contribution in [3.05, 3.63) is 82.7 Å². The van der Waals surface area contributed by atoms with Crippen molar-refractivity contribution < 1.29 is 14.5 Å². The highest BCUT2D eigenvalue weighted by Gasteiger charge is 2.30. The van der Waals surface area contributed by atoms with Crippen molar-refractivity contribution in [1.29, 1.82) is 0 Å². The minimum absolute atomic E-state index is 0.0398. The molecule has 0 radical (unpaired) electrons. The van der Waals surface area contributed by atoms with Crippen LogP contribution in [-0.4, -0.2) is 62.8 Å². The summed E-state index contributed by atoms with van der Waals surface area (Å²) >= 11 is 0. The number of nitro groups is 1. The number of piperazine rings is 1. The largest absolute Gasteiger partial charge is 0.494 e. The summed E-state index contributed by atoms with van der Waals surface area (Å²) in [5, 5.41) is 11.5. The molecule has 6 rings (SSSR count). The molecule has 1 amide bonds. The van der Waals surface area contributed by atoms with Crippen molar-refractivity contribution in [2.45, 2.75) is 39.2 Å². The molecule has 212 valence electrons. The molecule has 2 aromatic heterocycles. The van der Waals surface area contributed by atoms with Crippen molar-refractivity contribution in [2.24, 2.45) is 5.92 Å². The van der Waals surface area contributed by atoms with Crippen molar-refractivity contribution in [3.8, 4) is 28.1 Å². The quantitative estimate of drug-likeness (QED) is 0.202. The maximum Gasteiger partial charge on any atom is 0.270 e.